The fourth-order valence-corrected chi connectivity index (χ4v) is 1.65. The number of hydrogen-bond acceptors (Lipinski definition) is 3. The first-order valence-corrected chi connectivity index (χ1v) is 5.76. The topological polar surface area (TPSA) is 50.4 Å². The number of methoxy groups -OCH3 is 1. The zero-order valence-corrected chi connectivity index (χ0v) is 10.6. The molecule has 0 saturated carbocycles. The quantitative estimate of drug-likeness (QED) is 0.786. The molecule has 1 amide bonds. The molecule has 0 heterocycles. The average Bonchev–Trinajstić information content (AvgIpc) is 2.36. The van der Waals surface area contributed by atoms with E-state index in [4.69, 9.17) is 4.74 Å². The van der Waals surface area contributed by atoms with Crippen LogP contribution in [0.5, 0.6) is 5.75 Å². The van der Waals surface area contributed by atoms with Crippen LogP contribution in [0.15, 0.2) is 24.3 Å². The Hall–Kier alpha value is -1.55. The predicted molar refractivity (Wildman–Crippen MR) is 68.1 cm³/mol. The predicted octanol–water partition coefficient (Wildman–Crippen LogP) is 1.48. The zero-order chi connectivity index (χ0) is 12.7. The molecule has 0 bridgehead atoms. The van der Waals surface area contributed by atoms with Crippen molar-refractivity contribution in [1.29, 1.82) is 0 Å². The molecule has 1 aromatic rings. The van der Waals surface area contributed by atoms with Crippen LogP contribution in [-0.2, 0) is 4.79 Å². The third-order valence-electron chi connectivity index (χ3n) is 2.58. The summed E-state index contributed by atoms with van der Waals surface area (Å²) in [5, 5.41) is 5.90. The minimum absolute atomic E-state index is 0.0396. The van der Waals surface area contributed by atoms with Gasteiger partial charge in [0.1, 0.15) is 5.75 Å². The molecule has 1 rings (SSSR count). The monoisotopic (exact) mass is 236 g/mol. The second-order valence-electron chi connectivity index (χ2n) is 3.88. The Balaban J connectivity index is 2.62. The van der Waals surface area contributed by atoms with Gasteiger partial charge in [-0.1, -0.05) is 18.2 Å². The summed E-state index contributed by atoms with van der Waals surface area (Å²) in [5.74, 6) is 0.840. The first-order valence-electron chi connectivity index (χ1n) is 5.76. The van der Waals surface area contributed by atoms with E-state index in [2.05, 4.69) is 10.6 Å². The Kier molecular flexibility index (Phi) is 5.49. The van der Waals surface area contributed by atoms with Crippen molar-refractivity contribution < 1.29 is 9.53 Å². The number of nitrogens with one attached hydrogen (secondary N) is 2. The highest BCUT2D eigenvalue weighted by Crippen LogP contribution is 2.24. The van der Waals surface area contributed by atoms with Crippen LogP contribution in [-0.4, -0.2) is 26.6 Å². The zero-order valence-electron chi connectivity index (χ0n) is 10.6. The van der Waals surface area contributed by atoms with Crippen molar-refractivity contribution in [3.8, 4) is 5.75 Å². The molecule has 0 aliphatic heterocycles. The summed E-state index contributed by atoms with van der Waals surface area (Å²) < 4.78 is 5.27. The highest BCUT2D eigenvalue weighted by molar-refractivity contribution is 5.76. The third kappa shape index (κ3) is 4.07. The maximum absolute atomic E-state index is 11.6. The Morgan fingerprint density at radius 3 is 2.76 bits per heavy atom. The van der Waals surface area contributed by atoms with Gasteiger partial charge >= 0.3 is 0 Å². The van der Waals surface area contributed by atoms with E-state index in [0.29, 0.717) is 13.0 Å². The van der Waals surface area contributed by atoms with Gasteiger partial charge in [-0.3, -0.25) is 4.79 Å². The molecule has 0 spiro atoms. The molecular formula is C13H20N2O2. The van der Waals surface area contributed by atoms with Crippen LogP contribution in [0.2, 0.25) is 0 Å². The molecule has 0 aliphatic rings. The maximum atomic E-state index is 11.6. The summed E-state index contributed by atoms with van der Waals surface area (Å²) in [4.78, 5) is 11.6. The van der Waals surface area contributed by atoms with Crippen LogP contribution in [0.3, 0.4) is 0 Å². The molecular weight excluding hydrogens is 216 g/mol. The molecule has 1 atom stereocenters. The second-order valence-corrected chi connectivity index (χ2v) is 3.88. The molecule has 0 radical (unpaired) electrons. The summed E-state index contributed by atoms with van der Waals surface area (Å²) in [6.45, 7) is 2.64. The van der Waals surface area contributed by atoms with Crippen LogP contribution in [0.4, 0.5) is 0 Å². The minimum atomic E-state index is -0.0458. The fraction of sp³-hybridized carbons (Fsp3) is 0.462. The smallest absolute Gasteiger partial charge is 0.221 e. The Bertz CT molecular complexity index is 366. The summed E-state index contributed by atoms with van der Waals surface area (Å²) >= 11 is 0. The molecule has 1 aromatic carbocycles. The number of rotatable bonds is 6. The van der Waals surface area contributed by atoms with Crippen molar-refractivity contribution >= 4 is 5.91 Å². The molecule has 4 heteroatoms. The standard InChI is InChI=1S/C13H20N2O2/c1-10(15-13(16)8-9-14-2)11-6-4-5-7-12(11)17-3/h4-7,10,14H,8-9H2,1-3H3,(H,15,16). The van der Waals surface area contributed by atoms with Gasteiger partial charge in [-0.15, -0.1) is 0 Å². The van der Waals surface area contributed by atoms with E-state index in [1.807, 2.05) is 38.2 Å². The second kappa shape index (κ2) is 6.91. The van der Waals surface area contributed by atoms with Gasteiger partial charge in [0.25, 0.3) is 0 Å². The van der Waals surface area contributed by atoms with Crippen molar-refractivity contribution in [3.05, 3.63) is 29.8 Å². The summed E-state index contributed by atoms with van der Waals surface area (Å²) in [7, 11) is 3.46. The van der Waals surface area contributed by atoms with E-state index in [1.165, 1.54) is 0 Å². The Morgan fingerprint density at radius 1 is 1.41 bits per heavy atom. The average molecular weight is 236 g/mol. The lowest BCUT2D eigenvalue weighted by molar-refractivity contribution is -0.121. The first-order chi connectivity index (χ1) is 8.19. The minimum Gasteiger partial charge on any atom is -0.496 e. The van der Waals surface area contributed by atoms with Crippen LogP contribution in [0.1, 0.15) is 24.9 Å². The number of hydrogen-bond donors (Lipinski definition) is 2. The summed E-state index contributed by atoms with van der Waals surface area (Å²) in [6, 6.07) is 7.66. The molecule has 1 unspecified atom stereocenters. The number of para-hydroxylation sites is 1. The van der Waals surface area contributed by atoms with Gasteiger partial charge in [0, 0.05) is 18.5 Å². The van der Waals surface area contributed by atoms with E-state index in [1.54, 1.807) is 7.11 Å². The molecule has 94 valence electrons. The molecule has 17 heavy (non-hydrogen) atoms. The SMILES string of the molecule is CNCCC(=O)NC(C)c1ccccc1OC. The van der Waals surface area contributed by atoms with E-state index in [-0.39, 0.29) is 11.9 Å². The number of benzene rings is 1. The van der Waals surface area contributed by atoms with Gasteiger partial charge in [0.15, 0.2) is 0 Å². The maximum Gasteiger partial charge on any atom is 0.221 e. The lowest BCUT2D eigenvalue weighted by Gasteiger charge is -2.17. The highest BCUT2D eigenvalue weighted by atomic mass is 16.5. The summed E-state index contributed by atoms with van der Waals surface area (Å²) in [6.07, 6.45) is 0.482. The van der Waals surface area contributed by atoms with Gasteiger partial charge in [-0.2, -0.15) is 0 Å². The van der Waals surface area contributed by atoms with Gasteiger partial charge in [0.05, 0.1) is 13.2 Å². The van der Waals surface area contributed by atoms with Gasteiger partial charge < -0.3 is 15.4 Å². The van der Waals surface area contributed by atoms with Crippen molar-refractivity contribution in [1.82, 2.24) is 10.6 Å². The van der Waals surface area contributed by atoms with Crippen LogP contribution in [0, 0.1) is 0 Å². The van der Waals surface area contributed by atoms with E-state index < -0.39 is 0 Å². The van der Waals surface area contributed by atoms with Crippen LogP contribution >= 0.6 is 0 Å². The van der Waals surface area contributed by atoms with Crippen molar-refractivity contribution in [2.45, 2.75) is 19.4 Å². The normalized spacial score (nSPS) is 11.9. The van der Waals surface area contributed by atoms with E-state index in [0.717, 1.165) is 11.3 Å². The summed E-state index contributed by atoms with van der Waals surface area (Å²) in [5.41, 5.74) is 0.993. The van der Waals surface area contributed by atoms with Gasteiger partial charge in [-0.25, -0.2) is 0 Å². The molecule has 0 aliphatic carbocycles. The van der Waals surface area contributed by atoms with Crippen molar-refractivity contribution in [2.24, 2.45) is 0 Å². The first kappa shape index (κ1) is 13.5. The van der Waals surface area contributed by atoms with E-state index in [9.17, 15) is 4.79 Å². The third-order valence-corrected chi connectivity index (χ3v) is 2.58. The largest absolute Gasteiger partial charge is 0.496 e. The van der Waals surface area contributed by atoms with Crippen molar-refractivity contribution in [2.75, 3.05) is 20.7 Å². The van der Waals surface area contributed by atoms with Crippen molar-refractivity contribution in [3.63, 3.8) is 0 Å². The van der Waals surface area contributed by atoms with Crippen LogP contribution < -0.4 is 15.4 Å². The molecule has 0 aromatic heterocycles. The molecule has 0 fully saturated rings. The number of amides is 1. The Labute approximate surface area is 102 Å². The van der Waals surface area contributed by atoms with E-state index >= 15 is 0 Å². The molecule has 0 saturated heterocycles. The van der Waals surface area contributed by atoms with Gasteiger partial charge in [-0.05, 0) is 20.0 Å². The molecule has 4 nitrogen and oxygen atoms in total. The number of carbonyl (C=O) groups is 1. The Morgan fingerprint density at radius 2 is 2.12 bits per heavy atom. The highest BCUT2D eigenvalue weighted by Gasteiger charge is 2.12. The lowest BCUT2D eigenvalue weighted by Crippen LogP contribution is -2.29. The molecule has 2 N–H and O–H groups in total. The van der Waals surface area contributed by atoms with Gasteiger partial charge in [0.2, 0.25) is 5.91 Å². The number of ether oxygens (including phenoxy) is 1. The fourth-order valence-electron chi connectivity index (χ4n) is 1.65. The van der Waals surface area contributed by atoms with Crippen LogP contribution in [0.25, 0.3) is 0 Å². The lowest BCUT2D eigenvalue weighted by atomic mass is 10.1. The number of carbonyl (C=O) groups excluding carboxylic acids is 1.